The molecule has 0 saturated heterocycles. The van der Waals surface area contributed by atoms with Crippen LogP contribution in [0.1, 0.15) is 23.9 Å². The first-order valence-electron chi connectivity index (χ1n) is 8.81. The number of fused-ring (bicyclic) bond motifs is 3. The van der Waals surface area contributed by atoms with Gasteiger partial charge in [0.2, 0.25) is 5.78 Å². The summed E-state index contributed by atoms with van der Waals surface area (Å²) in [6, 6.07) is 7.51. The average molecular weight is 367 g/mol. The van der Waals surface area contributed by atoms with Crippen molar-refractivity contribution >= 4 is 16.9 Å². The van der Waals surface area contributed by atoms with Crippen molar-refractivity contribution < 1.29 is 5.11 Å². The zero-order chi connectivity index (χ0) is 19.5. The Kier molecular flexibility index (Phi) is 3.81. The maximum absolute atomic E-state index is 13.0. The summed E-state index contributed by atoms with van der Waals surface area (Å²) in [5, 5.41) is 9.74. The van der Waals surface area contributed by atoms with Crippen LogP contribution in [0, 0.1) is 13.8 Å². The van der Waals surface area contributed by atoms with Gasteiger partial charge in [-0.3, -0.25) is 22.9 Å². The Balaban J connectivity index is 2.25. The summed E-state index contributed by atoms with van der Waals surface area (Å²) in [7, 11) is 1.62. The molecule has 4 rings (SSSR count). The van der Waals surface area contributed by atoms with E-state index in [1.54, 1.807) is 18.4 Å². The number of aromatic nitrogens is 5. The minimum Gasteiger partial charge on any atom is -0.392 e. The van der Waals surface area contributed by atoms with Crippen LogP contribution in [0.2, 0.25) is 0 Å². The van der Waals surface area contributed by atoms with Crippen molar-refractivity contribution in [2.45, 2.75) is 33.9 Å². The molecule has 0 aliphatic heterocycles. The average Bonchev–Trinajstić information content (AvgIpc) is 3.16. The molecule has 0 radical (unpaired) electrons. The number of benzene rings is 1. The summed E-state index contributed by atoms with van der Waals surface area (Å²) in [6.45, 7) is 5.82. The molecule has 1 N–H and O–H groups in total. The Bertz CT molecular complexity index is 1320. The number of aliphatic hydroxyl groups is 1. The summed E-state index contributed by atoms with van der Waals surface area (Å²) in [5.74, 6) is 0.543. The fourth-order valence-corrected chi connectivity index (χ4v) is 3.68. The van der Waals surface area contributed by atoms with E-state index in [0.717, 1.165) is 22.6 Å². The number of nitrogens with zero attached hydrogens (tertiary/aromatic N) is 5. The lowest BCUT2D eigenvalue weighted by atomic mass is 10.2. The third-order valence-corrected chi connectivity index (χ3v) is 5.24. The molecule has 0 aliphatic carbocycles. The van der Waals surface area contributed by atoms with Crippen molar-refractivity contribution in [1.82, 2.24) is 23.1 Å². The monoisotopic (exact) mass is 367 g/mol. The summed E-state index contributed by atoms with van der Waals surface area (Å²) in [6.07, 6.45) is 0. The number of hydrogen-bond donors (Lipinski definition) is 1. The second-order valence-corrected chi connectivity index (χ2v) is 6.60. The second kappa shape index (κ2) is 5.95. The Morgan fingerprint density at radius 3 is 2.48 bits per heavy atom. The minimum absolute atomic E-state index is 0.111. The molecule has 3 aromatic heterocycles. The van der Waals surface area contributed by atoms with Gasteiger partial charge in [-0.2, -0.15) is 4.98 Å². The molecule has 0 saturated carbocycles. The van der Waals surface area contributed by atoms with Gasteiger partial charge in [0.1, 0.15) is 0 Å². The molecule has 0 spiro atoms. The molecule has 0 fully saturated rings. The van der Waals surface area contributed by atoms with Gasteiger partial charge in [-0.05, 0) is 26.8 Å². The molecule has 0 unspecified atom stereocenters. The molecule has 140 valence electrons. The predicted molar refractivity (Wildman–Crippen MR) is 103 cm³/mol. The normalized spacial score (nSPS) is 11.7. The molecule has 4 aromatic rings. The Morgan fingerprint density at radius 2 is 1.81 bits per heavy atom. The number of para-hydroxylation sites is 1. The van der Waals surface area contributed by atoms with Crippen LogP contribution in [0.4, 0.5) is 0 Å². The van der Waals surface area contributed by atoms with E-state index in [2.05, 4.69) is 4.98 Å². The summed E-state index contributed by atoms with van der Waals surface area (Å²) < 4.78 is 6.34. The predicted octanol–water partition coefficient (Wildman–Crippen LogP) is 1.27. The number of aryl methyl sites for hydroxylation is 2. The van der Waals surface area contributed by atoms with Gasteiger partial charge >= 0.3 is 5.69 Å². The van der Waals surface area contributed by atoms with Crippen LogP contribution in [-0.4, -0.2) is 28.2 Å². The van der Waals surface area contributed by atoms with Crippen LogP contribution >= 0.6 is 0 Å². The molecular weight excluding hydrogens is 346 g/mol. The highest BCUT2D eigenvalue weighted by molar-refractivity contribution is 5.77. The zero-order valence-electron chi connectivity index (χ0n) is 15.7. The van der Waals surface area contributed by atoms with E-state index in [0.29, 0.717) is 23.5 Å². The van der Waals surface area contributed by atoms with Crippen molar-refractivity contribution in [2.24, 2.45) is 7.05 Å². The topological polar surface area (TPSA) is 86.5 Å². The molecule has 3 heterocycles. The quantitative estimate of drug-likeness (QED) is 0.591. The molecule has 0 amide bonds. The van der Waals surface area contributed by atoms with Crippen LogP contribution in [0.25, 0.3) is 22.6 Å². The highest BCUT2D eigenvalue weighted by atomic mass is 16.3. The summed E-state index contributed by atoms with van der Waals surface area (Å²) in [5.41, 5.74) is 3.33. The summed E-state index contributed by atoms with van der Waals surface area (Å²) >= 11 is 0. The first kappa shape index (κ1) is 17.3. The van der Waals surface area contributed by atoms with Gasteiger partial charge in [-0.25, -0.2) is 4.79 Å². The first-order valence-corrected chi connectivity index (χ1v) is 8.81. The Labute approximate surface area is 154 Å². The van der Waals surface area contributed by atoms with Crippen molar-refractivity contribution in [1.29, 1.82) is 0 Å². The van der Waals surface area contributed by atoms with Gasteiger partial charge in [0.05, 0.1) is 12.3 Å². The molecule has 0 atom stereocenters. The molecule has 8 heteroatoms. The lowest BCUT2D eigenvalue weighted by molar-refractivity contribution is 0.281. The second-order valence-electron chi connectivity index (χ2n) is 6.60. The SMILES string of the molecule is CCn1c(=O)c2c(nc3n(-c4ccccc4CO)c(C)c(C)n23)n(C)c1=O. The number of hydrogen-bond acceptors (Lipinski definition) is 4. The van der Waals surface area contributed by atoms with Crippen LogP contribution in [0.15, 0.2) is 33.9 Å². The van der Waals surface area contributed by atoms with Gasteiger partial charge in [-0.1, -0.05) is 18.2 Å². The maximum atomic E-state index is 13.0. The smallest absolute Gasteiger partial charge is 0.332 e. The molecule has 8 nitrogen and oxygen atoms in total. The van der Waals surface area contributed by atoms with Crippen LogP contribution < -0.4 is 11.2 Å². The minimum atomic E-state index is -0.382. The third kappa shape index (κ3) is 2.16. The van der Waals surface area contributed by atoms with Crippen molar-refractivity contribution in [2.75, 3.05) is 0 Å². The van der Waals surface area contributed by atoms with Gasteiger partial charge in [0, 0.05) is 30.5 Å². The van der Waals surface area contributed by atoms with Gasteiger partial charge in [-0.15, -0.1) is 0 Å². The number of aliphatic hydroxyl groups excluding tert-OH is 1. The van der Waals surface area contributed by atoms with Crippen LogP contribution in [0.3, 0.4) is 0 Å². The van der Waals surface area contributed by atoms with E-state index < -0.39 is 0 Å². The van der Waals surface area contributed by atoms with Crippen molar-refractivity contribution in [3.8, 4) is 5.69 Å². The third-order valence-electron chi connectivity index (χ3n) is 5.24. The van der Waals surface area contributed by atoms with E-state index in [1.165, 1.54) is 9.13 Å². The fraction of sp³-hybridized carbons (Fsp3) is 0.316. The van der Waals surface area contributed by atoms with Crippen LogP contribution in [-0.2, 0) is 20.2 Å². The van der Waals surface area contributed by atoms with Crippen LogP contribution in [0.5, 0.6) is 0 Å². The van der Waals surface area contributed by atoms with Gasteiger partial charge in [0.15, 0.2) is 11.2 Å². The van der Waals surface area contributed by atoms with Crippen molar-refractivity contribution in [3.63, 3.8) is 0 Å². The number of rotatable bonds is 3. The molecule has 1 aromatic carbocycles. The molecular formula is C19H21N5O3. The lowest BCUT2D eigenvalue weighted by Crippen LogP contribution is -2.38. The van der Waals surface area contributed by atoms with E-state index in [1.807, 2.05) is 42.7 Å². The van der Waals surface area contributed by atoms with Gasteiger partial charge < -0.3 is 5.11 Å². The largest absolute Gasteiger partial charge is 0.392 e. The number of imidazole rings is 2. The molecule has 0 bridgehead atoms. The fourth-order valence-electron chi connectivity index (χ4n) is 3.68. The van der Waals surface area contributed by atoms with E-state index in [9.17, 15) is 14.7 Å². The van der Waals surface area contributed by atoms with E-state index >= 15 is 0 Å². The maximum Gasteiger partial charge on any atom is 0.332 e. The Hall–Kier alpha value is -3.13. The lowest BCUT2D eigenvalue weighted by Gasteiger charge is -2.10. The highest BCUT2D eigenvalue weighted by Gasteiger charge is 2.23. The van der Waals surface area contributed by atoms with E-state index in [4.69, 9.17) is 0 Å². The Morgan fingerprint density at radius 1 is 1.11 bits per heavy atom. The first-order chi connectivity index (χ1) is 12.9. The van der Waals surface area contributed by atoms with Gasteiger partial charge in [0.25, 0.3) is 5.56 Å². The van der Waals surface area contributed by atoms with Crippen molar-refractivity contribution in [3.05, 3.63) is 62.1 Å². The molecule has 0 aliphatic rings. The summed E-state index contributed by atoms with van der Waals surface area (Å²) in [4.78, 5) is 30.1. The highest BCUT2D eigenvalue weighted by Crippen LogP contribution is 2.26. The standard InChI is InChI=1S/C19H21N5O3/c1-5-22-17(26)15-16(21(4)19(22)27)20-18-23(11(2)12(3)24(15)18)14-9-7-6-8-13(14)10-25/h6-9,25H,5,10H2,1-4H3. The zero-order valence-corrected chi connectivity index (χ0v) is 15.7. The molecule has 27 heavy (non-hydrogen) atoms. The van der Waals surface area contributed by atoms with E-state index in [-0.39, 0.29) is 17.9 Å².